The molecule has 0 saturated carbocycles. The fourth-order valence-corrected chi connectivity index (χ4v) is 2.39. The number of fused-ring (bicyclic) bond motifs is 1. The molecule has 0 saturated heterocycles. The topological polar surface area (TPSA) is 9.23 Å². The van der Waals surface area contributed by atoms with Crippen molar-refractivity contribution < 1.29 is 4.74 Å². The van der Waals surface area contributed by atoms with Gasteiger partial charge >= 0.3 is 0 Å². The van der Waals surface area contributed by atoms with Crippen LogP contribution in [-0.4, -0.2) is 12.5 Å². The Balaban J connectivity index is 1.99. The largest absolute Gasteiger partial charge is 0.493 e. The molecule has 0 aromatic heterocycles. The highest BCUT2D eigenvalue weighted by Crippen LogP contribution is 2.25. The summed E-state index contributed by atoms with van der Waals surface area (Å²) in [6, 6.07) is 14.5. The van der Waals surface area contributed by atoms with Gasteiger partial charge in [0.15, 0.2) is 0 Å². The first kappa shape index (κ1) is 13.2. The lowest BCUT2D eigenvalue weighted by molar-refractivity contribution is 0.285. The van der Waals surface area contributed by atoms with E-state index < -0.39 is 0 Å². The molecule has 0 spiro atoms. The average Bonchev–Trinajstić information content (AvgIpc) is 2.39. The van der Waals surface area contributed by atoms with Gasteiger partial charge in [0, 0.05) is 11.3 Å². The van der Waals surface area contributed by atoms with Crippen LogP contribution in [0.3, 0.4) is 0 Å². The quantitative estimate of drug-likeness (QED) is 0.675. The smallest absolute Gasteiger partial charge is 0.127 e. The van der Waals surface area contributed by atoms with Crippen molar-refractivity contribution >= 4 is 22.4 Å². The molecule has 0 aliphatic heterocycles. The van der Waals surface area contributed by atoms with Crippen molar-refractivity contribution in [3.05, 3.63) is 42.5 Å². The molecular formula is C16H19ClO. The lowest BCUT2D eigenvalue weighted by Crippen LogP contribution is -2.04. The first-order chi connectivity index (χ1) is 8.81. The van der Waals surface area contributed by atoms with Crippen LogP contribution >= 0.6 is 11.6 Å². The van der Waals surface area contributed by atoms with Gasteiger partial charge in [-0.1, -0.05) is 43.3 Å². The number of hydrogen-bond acceptors (Lipinski definition) is 1. The van der Waals surface area contributed by atoms with Crippen molar-refractivity contribution in [1.29, 1.82) is 0 Å². The summed E-state index contributed by atoms with van der Waals surface area (Å²) in [4.78, 5) is 0. The monoisotopic (exact) mass is 262 g/mol. The molecule has 1 nitrogen and oxygen atoms in total. The van der Waals surface area contributed by atoms with Gasteiger partial charge in [-0.15, -0.1) is 11.6 Å². The molecule has 0 radical (unpaired) electrons. The fourth-order valence-electron chi connectivity index (χ4n) is 2.02. The molecule has 2 heteroatoms. The molecule has 0 amide bonds. The molecule has 0 aliphatic carbocycles. The van der Waals surface area contributed by atoms with Gasteiger partial charge in [0.25, 0.3) is 0 Å². The van der Waals surface area contributed by atoms with Crippen LogP contribution in [0, 0.1) is 5.92 Å². The molecule has 1 unspecified atom stereocenters. The second kappa shape index (κ2) is 6.65. The van der Waals surface area contributed by atoms with E-state index in [1.165, 1.54) is 10.8 Å². The molecule has 0 bridgehead atoms. The predicted octanol–water partition coefficient (Wildman–Crippen LogP) is 4.87. The summed E-state index contributed by atoms with van der Waals surface area (Å²) >= 11 is 5.73. The summed E-state index contributed by atoms with van der Waals surface area (Å²) in [6.07, 6.45) is 2.11. The maximum absolute atomic E-state index is 5.89. The summed E-state index contributed by atoms with van der Waals surface area (Å²) in [7, 11) is 0. The standard InChI is InChI=1S/C16H19ClO/c1-13(9-11-17)10-12-18-16-8-4-6-14-5-2-3-7-15(14)16/h2-8,13H,9-12H2,1H3. The van der Waals surface area contributed by atoms with Crippen LogP contribution in [0.25, 0.3) is 10.8 Å². The van der Waals surface area contributed by atoms with Crippen LogP contribution in [0.1, 0.15) is 19.8 Å². The van der Waals surface area contributed by atoms with E-state index in [1.807, 2.05) is 18.2 Å². The molecule has 0 fully saturated rings. The lowest BCUT2D eigenvalue weighted by atomic mass is 10.1. The van der Waals surface area contributed by atoms with Crippen molar-refractivity contribution in [3.8, 4) is 5.75 Å². The van der Waals surface area contributed by atoms with Gasteiger partial charge in [-0.05, 0) is 30.2 Å². The van der Waals surface area contributed by atoms with E-state index in [2.05, 4.69) is 31.2 Å². The summed E-state index contributed by atoms with van der Waals surface area (Å²) in [5.41, 5.74) is 0. The summed E-state index contributed by atoms with van der Waals surface area (Å²) in [6.45, 7) is 2.97. The highest BCUT2D eigenvalue weighted by atomic mass is 35.5. The first-order valence-electron chi connectivity index (χ1n) is 6.48. The minimum absolute atomic E-state index is 0.623. The second-order valence-corrected chi connectivity index (χ2v) is 5.08. The third-order valence-electron chi connectivity index (χ3n) is 3.22. The Hall–Kier alpha value is -1.21. The lowest BCUT2D eigenvalue weighted by Gasteiger charge is -2.12. The summed E-state index contributed by atoms with van der Waals surface area (Å²) in [5.74, 6) is 2.33. The van der Waals surface area contributed by atoms with Crippen molar-refractivity contribution in [1.82, 2.24) is 0 Å². The summed E-state index contributed by atoms with van der Waals surface area (Å²) < 4.78 is 5.89. The third-order valence-corrected chi connectivity index (χ3v) is 3.44. The SMILES string of the molecule is CC(CCCl)CCOc1cccc2ccccc12. The van der Waals surface area contributed by atoms with E-state index in [4.69, 9.17) is 16.3 Å². The van der Waals surface area contributed by atoms with E-state index >= 15 is 0 Å². The van der Waals surface area contributed by atoms with Gasteiger partial charge in [0.1, 0.15) is 5.75 Å². The van der Waals surface area contributed by atoms with Crippen LogP contribution in [0.4, 0.5) is 0 Å². The number of halogens is 1. The number of benzene rings is 2. The molecule has 0 heterocycles. The zero-order valence-electron chi connectivity index (χ0n) is 10.7. The van der Waals surface area contributed by atoms with E-state index in [1.54, 1.807) is 0 Å². The van der Waals surface area contributed by atoms with Crippen LogP contribution in [0.15, 0.2) is 42.5 Å². The molecule has 96 valence electrons. The van der Waals surface area contributed by atoms with E-state index in [0.29, 0.717) is 5.92 Å². The minimum atomic E-state index is 0.623. The molecule has 2 aromatic carbocycles. The molecule has 1 atom stereocenters. The molecule has 2 aromatic rings. The Morgan fingerprint density at radius 2 is 1.83 bits per heavy atom. The summed E-state index contributed by atoms with van der Waals surface area (Å²) in [5, 5.41) is 2.41. The van der Waals surface area contributed by atoms with Crippen LogP contribution in [-0.2, 0) is 0 Å². The molecule has 2 rings (SSSR count). The van der Waals surface area contributed by atoms with Gasteiger partial charge < -0.3 is 4.74 Å². The maximum atomic E-state index is 5.89. The van der Waals surface area contributed by atoms with E-state index in [9.17, 15) is 0 Å². The Bertz CT molecular complexity index is 490. The van der Waals surface area contributed by atoms with Crippen molar-refractivity contribution in [3.63, 3.8) is 0 Å². The zero-order chi connectivity index (χ0) is 12.8. The number of alkyl halides is 1. The van der Waals surface area contributed by atoms with E-state index in [-0.39, 0.29) is 0 Å². The predicted molar refractivity (Wildman–Crippen MR) is 78.6 cm³/mol. The van der Waals surface area contributed by atoms with Gasteiger partial charge in [-0.25, -0.2) is 0 Å². The van der Waals surface area contributed by atoms with Gasteiger partial charge in [-0.3, -0.25) is 0 Å². The molecular weight excluding hydrogens is 244 g/mol. The highest BCUT2D eigenvalue weighted by Gasteiger charge is 2.04. The fraction of sp³-hybridized carbons (Fsp3) is 0.375. The van der Waals surface area contributed by atoms with Gasteiger partial charge in [0.05, 0.1) is 6.61 Å². The Labute approximate surface area is 114 Å². The zero-order valence-corrected chi connectivity index (χ0v) is 11.5. The maximum Gasteiger partial charge on any atom is 0.127 e. The van der Waals surface area contributed by atoms with E-state index in [0.717, 1.165) is 31.1 Å². The second-order valence-electron chi connectivity index (χ2n) is 4.70. The highest BCUT2D eigenvalue weighted by molar-refractivity contribution is 6.17. The molecule has 18 heavy (non-hydrogen) atoms. The van der Waals surface area contributed by atoms with Gasteiger partial charge in [0.2, 0.25) is 0 Å². The molecule has 0 N–H and O–H groups in total. The van der Waals surface area contributed by atoms with Crippen LogP contribution in [0.2, 0.25) is 0 Å². The van der Waals surface area contributed by atoms with Gasteiger partial charge in [-0.2, -0.15) is 0 Å². The number of hydrogen-bond donors (Lipinski definition) is 0. The number of rotatable bonds is 6. The first-order valence-corrected chi connectivity index (χ1v) is 7.01. The Morgan fingerprint density at radius 3 is 2.67 bits per heavy atom. The third kappa shape index (κ3) is 3.39. The normalized spacial score (nSPS) is 12.6. The molecule has 0 aliphatic rings. The average molecular weight is 263 g/mol. The van der Waals surface area contributed by atoms with Crippen LogP contribution < -0.4 is 4.74 Å². The Kier molecular flexibility index (Phi) is 4.89. The van der Waals surface area contributed by atoms with Crippen molar-refractivity contribution in [2.45, 2.75) is 19.8 Å². The minimum Gasteiger partial charge on any atom is -0.493 e. The number of ether oxygens (including phenoxy) is 1. The van der Waals surface area contributed by atoms with Crippen LogP contribution in [0.5, 0.6) is 5.75 Å². The van der Waals surface area contributed by atoms with Crippen molar-refractivity contribution in [2.75, 3.05) is 12.5 Å². The van der Waals surface area contributed by atoms with Crippen molar-refractivity contribution in [2.24, 2.45) is 5.92 Å². The Morgan fingerprint density at radius 1 is 1.06 bits per heavy atom.